The van der Waals surface area contributed by atoms with Crippen LogP contribution in [0.4, 0.5) is 14.5 Å². The Morgan fingerprint density at radius 3 is 2.17 bits per heavy atom. The van der Waals surface area contributed by atoms with Crippen LogP contribution in [-0.2, 0) is 4.74 Å². The van der Waals surface area contributed by atoms with Gasteiger partial charge in [0.15, 0.2) is 0 Å². The number of halogens is 2. The SMILES string of the molecule is CCOC(=O)c1cc(O)c(NC(=O)c2c(F)cccc2F)c(O)c1. The Kier molecular flexibility index (Phi) is 4.98. The van der Waals surface area contributed by atoms with Crippen molar-refractivity contribution in [1.82, 2.24) is 0 Å². The number of rotatable bonds is 4. The van der Waals surface area contributed by atoms with E-state index in [1.54, 1.807) is 6.92 Å². The lowest BCUT2D eigenvalue weighted by atomic mass is 10.1. The fraction of sp³-hybridized carbons (Fsp3) is 0.125. The molecule has 0 fully saturated rings. The molecule has 3 N–H and O–H groups in total. The molecule has 6 nitrogen and oxygen atoms in total. The van der Waals surface area contributed by atoms with Gasteiger partial charge in [0.1, 0.15) is 34.4 Å². The highest BCUT2D eigenvalue weighted by Gasteiger charge is 2.21. The van der Waals surface area contributed by atoms with Gasteiger partial charge in [-0.15, -0.1) is 0 Å². The number of nitrogens with one attached hydrogen (secondary N) is 1. The van der Waals surface area contributed by atoms with E-state index in [0.717, 1.165) is 30.3 Å². The van der Waals surface area contributed by atoms with E-state index < -0.39 is 46.3 Å². The minimum Gasteiger partial charge on any atom is -0.506 e. The molecule has 0 aliphatic rings. The molecular weight excluding hydrogens is 324 g/mol. The minimum atomic E-state index is -1.21. The summed E-state index contributed by atoms with van der Waals surface area (Å²) in [7, 11) is 0. The number of phenolic OH excluding ortho intramolecular Hbond substituents is 2. The highest BCUT2D eigenvalue weighted by Crippen LogP contribution is 2.35. The summed E-state index contributed by atoms with van der Waals surface area (Å²) in [6, 6.07) is 4.77. The van der Waals surface area contributed by atoms with Crippen molar-refractivity contribution < 1.29 is 33.3 Å². The standard InChI is InChI=1S/C16H13F2NO5/c1-2-24-16(23)8-6-11(20)14(12(21)7-8)19-15(22)13-9(17)4-3-5-10(13)18/h3-7,20-21H,2H2,1H3,(H,19,22). The van der Waals surface area contributed by atoms with Gasteiger partial charge >= 0.3 is 5.97 Å². The molecule has 0 spiro atoms. The molecule has 1 amide bonds. The molecule has 0 bridgehead atoms. The number of phenols is 2. The van der Waals surface area contributed by atoms with E-state index in [1.165, 1.54) is 0 Å². The van der Waals surface area contributed by atoms with Gasteiger partial charge in [-0.2, -0.15) is 0 Å². The molecule has 126 valence electrons. The zero-order valence-electron chi connectivity index (χ0n) is 12.5. The molecule has 0 unspecified atom stereocenters. The molecule has 24 heavy (non-hydrogen) atoms. The van der Waals surface area contributed by atoms with Gasteiger partial charge < -0.3 is 20.3 Å². The number of aromatic hydroxyl groups is 2. The maximum Gasteiger partial charge on any atom is 0.338 e. The lowest BCUT2D eigenvalue weighted by molar-refractivity contribution is 0.0525. The summed E-state index contributed by atoms with van der Waals surface area (Å²) in [6.07, 6.45) is 0. The van der Waals surface area contributed by atoms with E-state index in [2.05, 4.69) is 0 Å². The van der Waals surface area contributed by atoms with Crippen molar-refractivity contribution >= 4 is 17.6 Å². The molecular formula is C16H13F2NO5. The lowest BCUT2D eigenvalue weighted by Crippen LogP contribution is -2.16. The third-order valence-electron chi connectivity index (χ3n) is 3.04. The molecule has 0 heterocycles. The number of esters is 1. The maximum atomic E-state index is 13.6. The van der Waals surface area contributed by atoms with Crippen LogP contribution in [0.3, 0.4) is 0 Å². The van der Waals surface area contributed by atoms with E-state index in [4.69, 9.17) is 4.74 Å². The van der Waals surface area contributed by atoms with Crippen LogP contribution in [0.15, 0.2) is 30.3 Å². The Hall–Kier alpha value is -3.16. The summed E-state index contributed by atoms with van der Waals surface area (Å²) in [5.41, 5.74) is -1.51. The summed E-state index contributed by atoms with van der Waals surface area (Å²) in [6.45, 7) is 1.67. The minimum absolute atomic E-state index is 0.0887. The average Bonchev–Trinajstić information content (AvgIpc) is 2.50. The first kappa shape index (κ1) is 17.2. The molecule has 2 aromatic carbocycles. The zero-order chi connectivity index (χ0) is 17.9. The number of ether oxygens (including phenoxy) is 1. The first-order chi connectivity index (χ1) is 11.3. The second-order valence-electron chi connectivity index (χ2n) is 4.66. The number of carbonyl (C=O) groups excluding carboxylic acids is 2. The molecule has 0 aromatic heterocycles. The van der Waals surface area contributed by atoms with Crippen LogP contribution in [0.25, 0.3) is 0 Å². The lowest BCUT2D eigenvalue weighted by Gasteiger charge is -2.12. The highest BCUT2D eigenvalue weighted by molar-refractivity contribution is 6.06. The quantitative estimate of drug-likeness (QED) is 0.589. The van der Waals surface area contributed by atoms with Crippen molar-refractivity contribution in [2.75, 3.05) is 11.9 Å². The van der Waals surface area contributed by atoms with Gasteiger partial charge in [0.05, 0.1) is 12.2 Å². The van der Waals surface area contributed by atoms with Crippen molar-refractivity contribution in [2.45, 2.75) is 6.92 Å². The van der Waals surface area contributed by atoms with Crippen molar-refractivity contribution in [3.05, 3.63) is 53.1 Å². The number of amides is 1. The first-order valence-electron chi connectivity index (χ1n) is 6.83. The Bertz CT molecular complexity index is 764. The molecule has 0 atom stereocenters. The van der Waals surface area contributed by atoms with E-state index >= 15 is 0 Å². The van der Waals surface area contributed by atoms with Crippen molar-refractivity contribution in [1.29, 1.82) is 0 Å². The zero-order valence-corrected chi connectivity index (χ0v) is 12.5. The molecule has 8 heteroatoms. The number of benzene rings is 2. The van der Waals surface area contributed by atoms with Gasteiger partial charge in [-0.05, 0) is 31.2 Å². The fourth-order valence-electron chi connectivity index (χ4n) is 1.96. The summed E-state index contributed by atoms with van der Waals surface area (Å²) in [5, 5.41) is 21.7. The maximum absolute atomic E-state index is 13.6. The number of hydrogen-bond donors (Lipinski definition) is 3. The molecule has 0 aliphatic carbocycles. The number of hydrogen-bond acceptors (Lipinski definition) is 5. The van der Waals surface area contributed by atoms with Crippen molar-refractivity contribution in [3.63, 3.8) is 0 Å². The Morgan fingerprint density at radius 1 is 1.12 bits per heavy atom. The van der Waals surface area contributed by atoms with Crippen molar-refractivity contribution in [3.8, 4) is 11.5 Å². The van der Waals surface area contributed by atoms with E-state index in [0.29, 0.717) is 0 Å². The molecule has 0 saturated heterocycles. The molecule has 0 aliphatic heterocycles. The summed E-state index contributed by atoms with van der Waals surface area (Å²) < 4.78 is 31.9. The third-order valence-corrected chi connectivity index (χ3v) is 3.04. The van der Waals surface area contributed by atoms with E-state index in [1.807, 2.05) is 5.32 Å². The van der Waals surface area contributed by atoms with Gasteiger partial charge in [0.25, 0.3) is 5.91 Å². The van der Waals surface area contributed by atoms with Gasteiger partial charge in [-0.25, -0.2) is 13.6 Å². The normalized spacial score (nSPS) is 10.3. The molecule has 2 rings (SSSR count). The summed E-state index contributed by atoms with van der Waals surface area (Å²) in [5.74, 6) is -5.53. The largest absolute Gasteiger partial charge is 0.506 e. The monoisotopic (exact) mass is 337 g/mol. The molecule has 0 radical (unpaired) electrons. The van der Waals surface area contributed by atoms with Crippen LogP contribution >= 0.6 is 0 Å². The Morgan fingerprint density at radius 2 is 1.67 bits per heavy atom. The van der Waals surface area contributed by atoms with Crippen LogP contribution in [0.5, 0.6) is 11.5 Å². The Balaban J connectivity index is 2.33. The van der Waals surface area contributed by atoms with Crippen LogP contribution in [0.1, 0.15) is 27.6 Å². The summed E-state index contributed by atoms with van der Waals surface area (Å²) in [4.78, 5) is 23.5. The smallest absolute Gasteiger partial charge is 0.338 e. The second kappa shape index (κ2) is 6.95. The van der Waals surface area contributed by atoms with Crippen molar-refractivity contribution in [2.24, 2.45) is 0 Å². The van der Waals surface area contributed by atoms with Gasteiger partial charge in [-0.3, -0.25) is 4.79 Å². The van der Waals surface area contributed by atoms with E-state index in [9.17, 15) is 28.6 Å². The fourth-order valence-corrected chi connectivity index (χ4v) is 1.96. The number of anilines is 1. The average molecular weight is 337 g/mol. The van der Waals surface area contributed by atoms with Gasteiger partial charge in [-0.1, -0.05) is 6.07 Å². The third kappa shape index (κ3) is 3.43. The predicted octanol–water partition coefficient (Wildman–Crippen LogP) is 2.81. The molecule has 0 saturated carbocycles. The van der Waals surface area contributed by atoms with E-state index in [-0.39, 0.29) is 12.2 Å². The second-order valence-corrected chi connectivity index (χ2v) is 4.66. The van der Waals surface area contributed by atoms with Gasteiger partial charge in [0.2, 0.25) is 0 Å². The van der Waals surface area contributed by atoms with Gasteiger partial charge in [0, 0.05) is 0 Å². The molecule has 2 aromatic rings. The predicted molar refractivity (Wildman–Crippen MR) is 80.0 cm³/mol. The first-order valence-corrected chi connectivity index (χ1v) is 6.83. The topological polar surface area (TPSA) is 95.9 Å². The summed E-state index contributed by atoms with van der Waals surface area (Å²) >= 11 is 0. The highest BCUT2D eigenvalue weighted by atomic mass is 19.1. The Labute approximate surface area is 135 Å². The van der Waals surface area contributed by atoms with Crippen LogP contribution in [-0.4, -0.2) is 28.7 Å². The van der Waals surface area contributed by atoms with Crippen LogP contribution < -0.4 is 5.32 Å². The van der Waals surface area contributed by atoms with Crippen LogP contribution in [0, 0.1) is 11.6 Å². The van der Waals surface area contributed by atoms with Crippen LogP contribution in [0.2, 0.25) is 0 Å². The number of carbonyl (C=O) groups is 2.